The van der Waals surface area contributed by atoms with Crippen molar-refractivity contribution in [3.8, 4) is 5.69 Å². The number of carbonyl (C=O) groups excluding carboxylic acids is 2. The summed E-state index contributed by atoms with van der Waals surface area (Å²) in [5, 5.41) is 11.2. The van der Waals surface area contributed by atoms with Crippen LogP contribution in [0.25, 0.3) is 5.69 Å². The first-order chi connectivity index (χ1) is 13.9. The zero-order valence-electron chi connectivity index (χ0n) is 17.1. The van der Waals surface area contributed by atoms with Gasteiger partial charge in [-0.15, -0.1) is 10.2 Å². The number of nitrogens with two attached hydrogens (primary N) is 1. The molecule has 1 fully saturated rings. The van der Waals surface area contributed by atoms with Crippen molar-refractivity contribution in [2.45, 2.75) is 50.4 Å². The third-order valence-electron chi connectivity index (χ3n) is 4.89. The number of aryl methyl sites for hydroxylation is 1. The van der Waals surface area contributed by atoms with Gasteiger partial charge >= 0.3 is 6.03 Å². The van der Waals surface area contributed by atoms with Crippen LogP contribution in [0.2, 0.25) is 0 Å². The molecule has 0 spiro atoms. The van der Waals surface area contributed by atoms with Crippen LogP contribution in [0, 0.1) is 12.8 Å². The summed E-state index contributed by atoms with van der Waals surface area (Å²) in [6.45, 7) is 7.77. The molecule has 3 amide bonds. The van der Waals surface area contributed by atoms with Gasteiger partial charge in [0.25, 0.3) is 0 Å². The Morgan fingerprint density at radius 3 is 2.34 bits per heavy atom. The maximum Gasteiger partial charge on any atom is 0.318 e. The molecule has 1 saturated heterocycles. The molecular weight excluding hydrogens is 388 g/mol. The third-order valence-corrected chi connectivity index (χ3v) is 6.38. The van der Waals surface area contributed by atoms with E-state index in [2.05, 4.69) is 20.4 Å². The molecule has 2 heterocycles. The van der Waals surface area contributed by atoms with E-state index >= 15 is 0 Å². The Morgan fingerprint density at radius 2 is 1.76 bits per heavy atom. The third kappa shape index (κ3) is 5.09. The number of rotatable bonds is 6. The Bertz CT molecular complexity index is 858. The lowest BCUT2D eigenvalue weighted by Crippen LogP contribution is -2.42. The highest BCUT2D eigenvalue weighted by molar-refractivity contribution is 8.00. The van der Waals surface area contributed by atoms with Crippen molar-refractivity contribution in [3.05, 3.63) is 29.8 Å². The van der Waals surface area contributed by atoms with Gasteiger partial charge in [-0.1, -0.05) is 43.3 Å². The number of amides is 3. The molecule has 1 atom stereocenters. The zero-order valence-corrected chi connectivity index (χ0v) is 17.9. The molecule has 2 aromatic rings. The molecule has 8 nitrogen and oxygen atoms in total. The molecule has 1 aromatic carbocycles. The van der Waals surface area contributed by atoms with Gasteiger partial charge in [0.15, 0.2) is 5.16 Å². The molecule has 0 unspecified atom stereocenters. The molecule has 3 rings (SSSR count). The van der Waals surface area contributed by atoms with Gasteiger partial charge in [0.05, 0.1) is 10.9 Å². The van der Waals surface area contributed by atoms with Gasteiger partial charge in [-0.25, -0.2) is 4.79 Å². The summed E-state index contributed by atoms with van der Waals surface area (Å²) in [5.74, 6) is 0.338. The van der Waals surface area contributed by atoms with E-state index < -0.39 is 17.2 Å². The molecule has 0 saturated carbocycles. The van der Waals surface area contributed by atoms with Gasteiger partial charge in [-0.2, -0.15) is 0 Å². The Morgan fingerprint density at radius 1 is 1.10 bits per heavy atom. The van der Waals surface area contributed by atoms with Gasteiger partial charge in [-0.05, 0) is 44.2 Å². The summed E-state index contributed by atoms with van der Waals surface area (Å²) in [6.07, 6.45) is 3.47. The average molecular weight is 417 g/mol. The zero-order chi connectivity index (χ0) is 21.0. The molecule has 1 aliphatic rings. The first-order valence-corrected chi connectivity index (χ1v) is 10.8. The summed E-state index contributed by atoms with van der Waals surface area (Å²) in [6, 6.07) is 7.30. The number of hydrogen-bond donors (Lipinski definition) is 2. The number of benzene rings is 1. The van der Waals surface area contributed by atoms with E-state index in [1.54, 1.807) is 0 Å². The highest BCUT2D eigenvalue weighted by Crippen LogP contribution is 2.33. The predicted molar refractivity (Wildman–Crippen MR) is 114 cm³/mol. The van der Waals surface area contributed by atoms with Crippen molar-refractivity contribution in [2.75, 3.05) is 18.0 Å². The maximum atomic E-state index is 12.5. The number of piperidine rings is 1. The van der Waals surface area contributed by atoms with Crippen LogP contribution in [0.4, 0.5) is 10.7 Å². The van der Waals surface area contributed by atoms with Crippen LogP contribution in [0.3, 0.4) is 0 Å². The lowest BCUT2D eigenvalue weighted by atomic mass is 10.1. The van der Waals surface area contributed by atoms with Crippen molar-refractivity contribution in [1.82, 2.24) is 20.1 Å². The lowest BCUT2D eigenvalue weighted by Gasteiger charge is -2.28. The number of primary amides is 1. The van der Waals surface area contributed by atoms with E-state index in [4.69, 9.17) is 5.73 Å². The molecule has 3 N–H and O–H groups in total. The Labute approximate surface area is 175 Å². The lowest BCUT2D eigenvalue weighted by molar-refractivity contribution is -0.120. The van der Waals surface area contributed by atoms with Crippen molar-refractivity contribution in [3.63, 3.8) is 0 Å². The van der Waals surface area contributed by atoms with Crippen molar-refractivity contribution in [1.29, 1.82) is 0 Å². The van der Waals surface area contributed by atoms with Gasteiger partial charge in [0.1, 0.15) is 0 Å². The number of hydrogen-bond acceptors (Lipinski definition) is 6. The molecule has 29 heavy (non-hydrogen) atoms. The van der Waals surface area contributed by atoms with E-state index in [0.717, 1.165) is 43.1 Å². The first kappa shape index (κ1) is 21.2. The molecule has 0 radical (unpaired) electrons. The number of imide groups is 1. The minimum absolute atomic E-state index is 0.0269. The van der Waals surface area contributed by atoms with Crippen LogP contribution >= 0.6 is 11.8 Å². The summed E-state index contributed by atoms with van der Waals surface area (Å²) in [7, 11) is 0. The molecular formula is C20H28N6O2S. The van der Waals surface area contributed by atoms with E-state index in [1.807, 2.05) is 49.6 Å². The molecule has 1 aliphatic heterocycles. The Hall–Kier alpha value is -2.55. The molecule has 1 aromatic heterocycles. The predicted octanol–water partition coefficient (Wildman–Crippen LogP) is 2.88. The number of nitrogens with zero attached hydrogens (tertiary/aromatic N) is 4. The first-order valence-electron chi connectivity index (χ1n) is 9.91. The minimum atomic E-state index is -0.852. The smallest absolute Gasteiger partial charge is 0.318 e. The van der Waals surface area contributed by atoms with Gasteiger partial charge in [0, 0.05) is 13.1 Å². The van der Waals surface area contributed by atoms with Crippen LogP contribution in [0.15, 0.2) is 29.4 Å². The van der Waals surface area contributed by atoms with Crippen LogP contribution in [0.1, 0.15) is 38.7 Å². The van der Waals surface area contributed by atoms with Crippen LogP contribution in [-0.4, -0.2) is 45.0 Å². The average Bonchev–Trinajstić information content (AvgIpc) is 3.10. The Kier molecular flexibility index (Phi) is 6.79. The highest BCUT2D eigenvalue weighted by Gasteiger charge is 2.29. The number of carbonyl (C=O) groups is 2. The van der Waals surface area contributed by atoms with Crippen LogP contribution < -0.4 is 16.0 Å². The monoisotopic (exact) mass is 416 g/mol. The fourth-order valence-corrected chi connectivity index (χ4v) is 4.40. The largest absolute Gasteiger partial charge is 0.351 e. The van der Waals surface area contributed by atoms with Crippen molar-refractivity contribution < 1.29 is 9.59 Å². The normalized spacial score (nSPS) is 15.4. The van der Waals surface area contributed by atoms with Gasteiger partial charge in [-0.3, -0.25) is 14.7 Å². The number of nitrogens with one attached hydrogen (secondary N) is 1. The fraction of sp³-hybridized carbons (Fsp3) is 0.500. The highest BCUT2D eigenvalue weighted by atomic mass is 32.2. The van der Waals surface area contributed by atoms with Gasteiger partial charge < -0.3 is 10.6 Å². The van der Waals surface area contributed by atoms with E-state index in [1.165, 1.54) is 18.2 Å². The number of aromatic nitrogens is 3. The second-order valence-corrected chi connectivity index (χ2v) is 8.75. The number of anilines is 1. The number of thioether (sulfide) groups is 1. The summed E-state index contributed by atoms with van der Waals surface area (Å²) in [5.41, 5.74) is 7.25. The standard InChI is InChI=1S/C20H28N6O2S/c1-13(2)16(17(27)22-18(21)28)29-20-24-23-19(25-11-5-4-6-12-25)26(20)15-9-7-14(3)8-10-15/h7-10,13,16H,4-6,11-12H2,1-3H3,(H3,21,22,27,28)/t16-/m0/s1. The topological polar surface area (TPSA) is 106 Å². The minimum Gasteiger partial charge on any atom is -0.351 e. The SMILES string of the molecule is Cc1ccc(-n2c(S[C@H](C(=O)NC(N)=O)C(C)C)nnc2N2CCCCC2)cc1. The van der Waals surface area contributed by atoms with Gasteiger partial charge in [0.2, 0.25) is 11.9 Å². The van der Waals surface area contributed by atoms with Crippen molar-refractivity contribution >= 4 is 29.6 Å². The Balaban J connectivity index is 1.98. The van der Waals surface area contributed by atoms with E-state index in [9.17, 15) is 9.59 Å². The molecule has 0 aliphatic carbocycles. The summed E-state index contributed by atoms with van der Waals surface area (Å²) >= 11 is 1.30. The van der Waals surface area contributed by atoms with Crippen LogP contribution in [-0.2, 0) is 4.79 Å². The second kappa shape index (κ2) is 9.30. The van der Waals surface area contributed by atoms with Crippen LogP contribution in [0.5, 0.6) is 0 Å². The van der Waals surface area contributed by atoms with E-state index in [-0.39, 0.29) is 5.92 Å². The maximum absolute atomic E-state index is 12.5. The number of urea groups is 1. The molecule has 0 bridgehead atoms. The fourth-order valence-electron chi connectivity index (χ4n) is 3.36. The van der Waals surface area contributed by atoms with E-state index in [0.29, 0.717) is 5.16 Å². The molecule has 156 valence electrons. The molecule has 9 heteroatoms. The quantitative estimate of drug-likeness (QED) is 0.702. The second-order valence-electron chi connectivity index (χ2n) is 7.64. The van der Waals surface area contributed by atoms with Crippen molar-refractivity contribution in [2.24, 2.45) is 11.7 Å². The summed E-state index contributed by atoms with van der Waals surface area (Å²) < 4.78 is 2.00. The summed E-state index contributed by atoms with van der Waals surface area (Å²) in [4.78, 5) is 25.9.